The molecule has 0 bridgehead atoms. The summed E-state index contributed by atoms with van der Waals surface area (Å²) in [5, 5.41) is 0. The highest BCUT2D eigenvalue weighted by molar-refractivity contribution is 5.76. The molecule has 0 aromatic heterocycles. The molecular weight excluding hydrogens is 366 g/mol. The lowest BCUT2D eigenvalue weighted by atomic mass is 10.1. The number of aryl methyl sites for hydroxylation is 1. The maximum Gasteiger partial charge on any atom is 0.387 e. The molecule has 0 radical (unpaired) electrons. The number of hydrogen-bond donors (Lipinski definition) is 0. The quantitative estimate of drug-likeness (QED) is 0.725. The number of anilines is 1. The Labute approximate surface area is 163 Å². The molecule has 1 saturated heterocycles. The zero-order valence-corrected chi connectivity index (χ0v) is 15.8. The largest absolute Gasteiger partial charge is 0.497 e. The molecule has 1 aliphatic heterocycles. The Kier molecular flexibility index (Phi) is 6.68. The molecule has 28 heavy (non-hydrogen) atoms. The Morgan fingerprint density at radius 1 is 0.964 bits per heavy atom. The Bertz CT molecular complexity index is 758. The lowest BCUT2D eigenvalue weighted by Crippen LogP contribution is -2.48. The molecule has 7 heteroatoms. The number of alkyl halides is 2. The number of halogens is 2. The number of hydrogen-bond acceptors (Lipinski definition) is 4. The third-order valence-electron chi connectivity index (χ3n) is 4.85. The molecule has 1 heterocycles. The van der Waals surface area contributed by atoms with Gasteiger partial charge in [0.2, 0.25) is 5.91 Å². The minimum atomic E-state index is -2.83. The second kappa shape index (κ2) is 9.39. The van der Waals surface area contributed by atoms with E-state index >= 15 is 0 Å². The van der Waals surface area contributed by atoms with Crippen molar-refractivity contribution >= 4 is 11.6 Å². The number of carbonyl (C=O) groups is 1. The second-order valence-corrected chi connectivity index (χ2v) is 6.59. The first kappa shape index (κ1) is 19.9. The monoisotopic (exact) mass is 390 g/mol. The van der Waals surface area contributed by atoms with Gasteiger partial charge in [0, 0.05) is 38.3 Å². The van der Waals surface area contributed by atoms with Crippen molar-refractivity contribution in [3.05, 3.63) is 54.1 Å². The van der Waals surface area contributed by atoms with Crippen LogP contribution in [0.3, 0.4) is 0 Å². The van der Waals surface area contributed by atoms with Crippen LogP contribution in [0.25, 0.3) is 0 Å². The van der Waals surface area contributed by atoms with Crippen LogP contribution in [-0.2, 0) is 11.2 Å². The summed E-state index contributed by atoms with van der Waals surface area (Å²) in [6, 6.07) is 14.4. The summed E-state index contributed by atoms with van der Waals surface area (Å²) in [6.45, 7) is 0.122. The van der Waals surface area contributed by atoms with E-state index in [1.807, 2.05) is 29.2 Å². The number of amides is 1. The summed E-state index contributed by atoms with van der Waals surface area (Å²) < 4.78 is 33.8. The topological polar surface area (TPSA) is 42.0 Å². The van der Waals surface area contributed by atoms with Gasteiger partial charge >= 0.3 is 6.61 Å². The number of ether oxygens (including phenoxy) is 2. The summed E-state index contributed by atoms with van der Waals surface area (Å²) in [6.07, 6.45) is 0.976. The normalized spacial score (nSPS) is 14.3. The van der Waals surface area contributed by atoms with Crippen molar-refractivity contribution in [3.63, 3.8) is 0 Å². The van der Waals surface area contributed by atoms with Crippen molar-refractivity contribution < 1.29 is 23.0 Å². The molecule has 5 nitrogen and oxygen atoms in total. The van der Waals surface area contributed by atoms with E-state index in [1.54, 1.807) is 19.2 Å². The molecule has 0 atom stereocenters. The first-order valence-electron chi connectivity index (χ1n) is 9.25. The molecular formula is C21H24F2N2O3. The minimum Gasteiger partial charge on any atom is -0.497 e. The van der Waals surface area contributed by atoms with Crippen LogP contribution >= 0.6 is 0 Å². The molecule has 150 valence electrons. The SMILES string of the molecule is COc1ccc(N2CCN(C(=O)CCc3ccc(OC(F)F)cc3)CC2)cc1. The van der Waals surface area contributed by atoms with Gasteiger partial charge in [0.25, 0.3) is 0 Å². The predicted molar refractivity (Wildman–Crippen MR) is 103 cm³/mol. The standard InChI is InChI=1S/C21H24F2N2O3/c1-27-18-9-5-17(6-10-18)24-12-14-25(15-13-24)20(26)11-4-16-2-7-19(8-3-16)28-21(22)23/h2-3,5-10,21H,4,11-15H2,1H3. The van der Waals surface area contributed by atoms with Gasteiger partial charge in [-0.1, -0.05) is 12.1 Å². The van der Waals surface area contributed by atoms with Crippen molar-refractivity contribution in [3.8, 4) is 11.5 Å². The molecule has 3 rings (SSSR count). The first-order valence-corrected chi connectivity index (χ1v) is 9.25. The molecule has 2 aromatic rings. The van der Waals surface area contributed by atoms with Crippen LogP contribution in [0, 0.1) is 0 Å². The fourth-order valence-corrected chi connectivity index (χ4v) is 3.25. The van der Waals surface area contributed by atoms with Gasteiger partial charge in [0.1, 0.15) is 11.5 Å². The summed E-state index contributed by atoms with van der Waals surface area (Å²) in [5.41, 5.74) is 2.05. The molecule has 1 aliphatic rings. The molecule has 0 spiro atoms. The van der Waals surface area contributed by atoms with Crippen LogP contribution in [0.15, 0.2) is 48.5 Å². The molecule has 0 N–H and O–H groups in total. The predicted octanol–water partition coefficient (Wildman–Crippen LogP) is 3.58. The number of piperazine rings is 1. The number of nitrogens with zero attached hydrogens (tertiary/aromatic N) is 2. The van der Waals surface area contributed by atoms with Gasteiger partial charge in [-0.2, -0.15) is 8.78 Å². The van der Waals surface area contributed by atoms with Gasteiger partial charge in [-0.25, -0.2) is 0 Å². The number of rotatable bonds is 7. The fraction of sp³-hybridized carbons (Fsp3) is 0.381. The Morgan fingerprint density at radius 3 is 2.14 bits per heavy atom. The van der Waals surface area contributed by atoms with Gasteiger partial charge in [0.05, 0.1) is 7.11 Å². The Morgan fingerprint density at radius 2 is 1.57 bits per heavy atom. The van der Waals surface area contributed by atoms with E-state index in [0.717, 1.165) is 30.1 Å². The maximum absolute atomic E-state index is 12.5. The zero-order valence-electron chi connectivity index (χ0n) is 15.8. The first-order chi connectivity index (χ1) is 13.5. The average Bonchev–Trinajstić information content (AvgIpc) is 2.73. The van der Waals surface area contributed by atoms with Gasteiger partial charge in [-0.15, -0.1) is 0 Å². The highest BCUT2D eigenvalue weighted by atomic mass is 19.3. The van der Waals surface area contributed by atoms with Gasteiger partial charge in [0.15, 0.2) is 0 Å². The molecule has 1 fully saturated rings. The van der Waals surface area contributed by atoms with E-state index in [0.29, 0.717) is 25.9 Å². The van der Waals surface area contributed by atoms with Crippen LogP contribution in [0.1, 0.15) is 12.0 Å². The van der Waals surface area contributed by atoms with E-state index in [-0.39, 0.29) is 11.7 Å². The molecule has 0 saturated carbocycles. The van der Waals surface area contributed by atoms with Gasteiger partial charge in [-0.05, 0) is 48.4 Å². The van der Waals surface area contributed by atoms with Crippen LogP contribution in [-0.4, -0.2) is 50.7 Å². The van der Waals surface area contributed by atoms with Crippen molar-refractivity contribution in [2.75, 3.05) is 38.2 Å². The third-order valence-corrected chi connectivity index (χ3v) is 4.85. The Hall–Kier alpha value is -2.83. The van der Waals surface area contributed by atoms with Crippen molar-refractivity contribution in [1.29, 1.82) is 0 Å². The minimum absolute atomic E-state index is 0.113. The van der Waals surface area contributed by atoms with Crippen molar-refractivity contribution in [1.82, 2.24) is 4.90 Å². The van der Waals surface area contributed by atoms with Crippen molar-refractivity contribution in [2.45, 2.75) is 19.5 Å². The molecule has 0 aliphatic carbocycles. The highest BCUT2D eigenvalue weighted by Crippen LogP contribution is 2.21. The highest BCUT2D eigenvalue weighted by Gasteiger charge is 2.21. The van der Waals surface area contributed by atoms with E-state index in [4.69, 9.17) is 4.74 Å². The Balaban J connectivity index is 1.44. The molecule has 2 aromatic carbocycles. The lowest BCUT2D eigenvalue weighted by Gasteiger charge is -2.36. The number of methoxy groups -OCH3 is 1. The molecule has 1 amide bonds. The number of carbonyl (C=O) groups excluding carboxylic acids is 1. The maximum atomic E-state index is 12.5. The van der Waals surface area contributed by atoms with Gasteiger partial charge in [-0.3, -0.25) is 4.79 Å². The van der Waals surface area contributed by atoms with Crippen LogP contribution in [0.4, 0.5) is 14.5 Å². The van der Waals surface area contributed by atoms with Crippen LogP contribution in [0.5, 0.6) is 11.5 Å². The van der Waals surface area contributed by atoms with Crippen LogP contribution < -0.4 is 14.4 Å². The summed E-state index contributed by atoms with van der Waals surface area (Å²) >= 11 is 0. The summed E-state index contributed by atoms with van der Waals surface area (Å²) in [5.74, 6) is 1.06. The van der Waals surface area contributed by atoms with E-state index in [1.165, 1.54) is 12.1 Å². The van der Waals surface area contributed by atoms with Crippen LogP contribution in [0.2, 0.25) is 0 Å². The average molecular weight is 390 g/mol. The number of benzene rings is 2. The van der Waals surface area contributed by atoms with E-state index < -0.39 is 6.61 Å². The summed E-state index contributed by atoms with van der Waals surface area (Å²) in [7, 11) is 1.64. The second-order valence-electron chi connectivity index (χ2n) is 6.59. The van der Waals surface area contributed by atoms with E-state index in [9.17, 15) is 13.6 Å². The smallest absolute Gasteiger partial charge is 0.387 e. The zero-order chi connectivity index (χ0) is 19.9. The fourth-order valence-electron chi connectivity index (χ4n) is 3.25. The van der Waals surface area contributed by atoms with E-state index in [2.05, 4.69) is 9.64 Å². The van der Waals surface area contributed by atoms with Gasteiger partial charge < -0.3 is 19.3 Å². The summed E-state index contributed by atoms with van der Waals surface area (Å²) in [4.78, 5) is 16.6. The molecule has 0 unspecified atom stereocenters. The third kappa shape index (κ3) is 5.34. The van der Waals surface area contributed by atoms with Crippen molar-refractivity contribution in [2.24, 2.45) is 0 Å². The lowest BCUT2D eigenvalue weighted by molar-refractivity contribution is -0.131.